The van der Waals surface area contributed by atoms with Crippen molar-refractivity contribution in [1.82, 2.24) is 4.98 Å². The van der Waals surface area contributed by atoms with Gasteiger partial charge in [0, 0.05) is 16.7 Å². The van der Waals surface area contributed by atoms with E-state index in [1.54, 1.807) is 11.3 Å². The van der Waals surface area contributed by atoms with Crippen LogP contribution in [-0.4, -0.2) is 17.4 Å². The van der Waals surface area contributed by atoms with Gasteiger partial charge in [-0.15, -0.1) is 22.7 Å². The summed E-state index contributed by atoms with van der Waals surface area (Å²) >= 11 is 3.02. The van der Waals surface area contributed by atoms with E-state index < -0.39 is 0 Å². The summed E-state index contributed by atoms with van der Waals surface area (Å²) in [6.45, 7) is 0.576. The zero-order chi connectivity index (χ0) is 12.1. The fraction of sp³-hybridized carbons (Fsp3) is 0.273. The second kappa shape index (κ2) is 5.90. The molecule has 0 saturated heterocycles. The summed E-state index contributed by atoms with van der Waals surface area (Å²) in [7, 11) is 0. The first-order valence-electron chi connectivity index (χ1n) is 5.24. The third kappa shape index (κ3) is 3.62. The first-order chi connectivity index (χ1) is 8.28. The van der Waals surface area contributed by atoms with Crippen LogP contribution >= 0.6 is 22.7 Å². The molecule has 3 N–H and O–H groups in total. The number of carbonyl (C=O) groups excluding carboxylic acids is 1. The Bertz CT molecular complexity index is 479. The van der Waals surface area contributed by atoms with Crippen LogP contribution in [0.1, 0.15) is 10.6 Å². The van der Waals surface area contributed by atoms with Gasteiger partial charge in [0.25, 0.3) is 0 Å². The van der Waals surface area contributed by atoms with E-state index in [1.165, 1.54) is 11.3 Å². The number of aromatic nitrogens is 1. The Labute approximate surface area is 107 Å². The minimum absolute atomic E-state index is 0.0268. The number of hydrogen-bond donors (Lipinski definition) is 2. The number of nitrogens with zero attached hydrogens (tertiary/aromatic N) is 1. The van der Waals surface area contributed by atoms with Crippen molar-refractivity contribution in [2.45, 2.75) is 12.8 Å². The molecule has 0 saturated carbocycles. The molecule has 0 radical (unpaired) electrons. The molecule has 0 aliphatic heterocycles. The Hall–Kier alpha value is -1.24. The van der Waals surface area contributed by atoms with Crippen LogP contribution in [0.3, 0.4) is 0 Å². The maximum atomic E-state index is 11.7. The molecular formula is C11H13N3OS2. The van der Waals surface area contributed by atoms with Gasteiger partial charge < -0.3 is 11.1 Å². The number of nitrogens with one attached hydrogen (secondary N) is 1. The molecule has 0 unspecified atom stereocenters. The fourth-order valence-corrected chi connectivity index (χ4v) is 2.83. The van der Waals surface area contributed by atoms with Crippen molar-refractivity contribution in [1.29, 1.82) is 0 Å². The quantitative estimate of drug-likeness (QED) is 0.869. The van der Waals surface area contributed by atoms with Crippen LogP contribution in [0.5, 0.6) is 0 Å². The molecule has 2 heterocycles. The van der Waals surface area contributed by atoms with Gasteiger partial charge in [-0.05, 0) is 18.0 Å². The van der Waals surface area contributed by atoms with Crippen LogP contribution in [-0.2, 0) is 17.6 Å². The lowest BCUT2D eigenvalue weighted by Crippen LogP contribution is -2.13. The lowest BCUT2D eigenvalue weighted by atomic mass is 10.3. The van der Waals surface area contributed by atoms with Crippen molar-refractivity contribution >= 4 is 33.7 Å². The van der Waals surface area contributed by atoms with E-state index in [0.717, 1.165) is 17.0 Å². The van der Waals surface area contributed by atoms with E-state index in [4.69, 9.17) is 5.73 Å². The number of thiophene rings is 1. The van der Waals surface area contributed by atoms with Crippen LogP contribution in [0.15, 0.2) is 22.9 Å². The zero-order valence-corrected chi connectivity index (χ0v) is 10.8. The van der Waals surface area contributed by atoms with Gasteiger partial charge in [-0.25, -0.2) is 4.98 Å². The SMILES string of the molecule is NCCc1csc(NC(=O)Cc2cccs2)n1. The predicted octanol–water partition coefficient (Wildman–Crippen LogP) is 1.89. The number of thiazole rings is 1. The molecule has 0 atom stereocenters. The number of hydrogen-bond acceptors (Lipinski definition) is 5. The fourth-order valence-electron chi connectivity index (χ4n) is 1.36. The molecule has 0 spiro atoms. The van der Waals surface area contributed by atoms with Gasteiger partial charge in [0.05, 0.1) is 12.1 Å². The molecule has 0 aliphatic rings. The molecule has 0 bridgehead atoms. The minimum Gasteiger partial charge on any atom is -0.330 e. The smallest absolute Gasteiger partial charge is 0.231 e. The second-order valence-electron chi connectivity index (χ2n) is 3.49. The summed E-state index contributed by atoms with van der Waals surface area (Å²) in [5.41, 5.74) is 6.37. The van der Waals surface area contributed by atoms with Gasteiger partial charge in [0.2, 0.25) is 5.91 Å². The maximum Gasteiger partial charge on any atom is 0.231 e. The van der Waals surface area contributed by atoms with Crippen LogP contribution in [0.25, 0.3) is 0 Å². The lowest BCUT2D eigenvalue weighted by Gasteiger charge is -1.99. The van der Waals surface area contributed by atoms with E-state index in [0.29, 0.717) is 18.1 Å². The van der Waals surface area contributed by atoms with E-state index in [2.05, 4.69) is 10.3 Å². The third-order valence-electron chi connectivity index (χ3n) is 2.11. The summed E-state index contributed by atoms with van der Waals surface area (Å²) in [4.78, 5) is 17.0. The number of carbonyl (C=O) groups is 1. The van der Waals surface area contributed by atoms with Crippen molar-refractivity contribution in [3.8, 4) is 0 Å². The topological polar surface area (TPSA) is 68.0 Å². The van der Waals surface area contributed by atoms with Gasteiger partial charge in [-0.1, -0.05) is 6.07 Å². The van der Waals surface area contributed by atoms with Crippen molar-refractivity contribution < 1.29 is 4.79 Å². The number of anilines is 1. The van der Waals surface area contributed by atoms with Crippen molar-refractivity contribution in [2.24, 2.45) is 5.73 Å². The average Bonchev–Trinajstić information content (AvgIpc) is 2.91. The van der Waals surface area contributed by atoms with Crippen LogP contribution in [0.4, 0.5) is 5.13 Å². The molecule has 0 fully saturated rings. The molecule has 1 amide bonds. The summed E-state index contributed by atoms with van der Waals surface area (Å²) < 4.78 is 0. The van der Waals surface area contributed by atoms with E-state index in [1.807, 2.05) is 22.9 Å². The highest BCUT2D eigenvalue weighted by atomic mass is 32.1. The molecular weight excluding hydrogens is 254 g/mol. The first kappa shape index (κ1) is 12.2. The number of nitrogens with two attached hydrogens (primary N) is 1. The average molecular weight is 267 g/mol. The molecule has 4 nitrogen and oxygen atoms in total. The Morgan fingerprint density at radius 3 is 3.06 bits per heavy atom. The van der Waals surface area contributed by atoms with Crippen LogP contribution in [0.2, 0.25) is 0 Å². The summed E-state index contributed by atoms with van der Waals surface area (Å²) in [6.07, 6.45) is 1.15. The van der Waals surface area contributed by atoms with Gasteiger partial charge in [-0.2, -0.15) is 0 Å². The zero-order valence-electron chi connectivity index (χ0n) is 9.18. The van der Waals surface area contributed by atoms with Crippen molar-refractivity contribution in [3.63, 3.8) is 0 Å². The number of rotatable bonds is 5. The second-order valence-corrected chi connectivity index (χ2v) is 5.38. The summed E-state index contributed by atoms with van der Waals surface area (Å²) in [6, 6.07) is 3.89. The highest BCUT2D eigenvalue weighted by molar-refractivity contribution is 7.14. The van der Waals surface area contributed by atoms with Crippen molar-refractivity contribution in [3.05, 3.63) is 33.5 Å². The first-order valence-corrected chi connectivity index (χ1v) is 7.00. The van der Waals surface area contributed by atoms with Gasteiger partial charge in [-0.3, -0.25) is 4.79 Å². The Balaban J connectivity index is 1.89. The highest BCUT2D eigenvalue weighted by Crippen LogP contribution is 2.16. The summed E-state index contributed by atoms with van der Waals surface area (Å²) in [5, 5.41) is 7.33. The molecule has 2 aromatic rings. The largest absolute Gasteiger partial charge is 0.330 e. The monoisotopic (exact) mass is 267 g/mol. The molecule has 2 rings (SSSR count). The summed E-state index contributed by atoms with van der Waals surface area (Å²) in [5.74, 6) is -0.0268. The lowest BCUT2D eigenvalue weighted by molar-refractivity contribution is -0.115. The normalized spacial score (nSPS) is 10.4. The maximum absolute atomic E-state index is 11.7. The molecule has 0 aliphatic carbocycles. The molecule has 90 valence electrons. The molecule has 6 heteroatoms. The predicted molar refractivity (Wildman–Crippen MR) is 71.5 cm³/mol. The van der Waals surface area contributed by atoms with Crippen LogP contribution < -0.4 is 11.1 Å². The van der Waals surface area contributed by atoms with Gasteiger partial charge >= 0.3 is 0 Å². The minimum atomic E-state index is -0.0268. The Kier molecular flexibility index (Phi) is 4.24. The number of amides is 1. The van der Waals surface area contributed by atoms with Crippen molar-refractivity contribution in [2.75, 3.05) is 11.9 Å². The van der Waals surface area contributed by atoms with E-state index in [9.17, 15) is 4.79 Å². The third-order valence-corrected chi connectivity index (χ3v) is 3.80. The highest BCUT2D eigenvalue weighted by Gasteiger charge is 2.07. The Morgan fingerprint density at radius 2 is 2.35 bits per heavy atom. The van der Waals surface area contributed by atoms with Gasteiger partial charge in [0.15, 0.2) is 5.13 Å². The van der Waals surface area contributed by atoms with Gasteiger partial charge in [0.1, 0.15) is 0 Å². The molecule has 0 aromatic carbocycles. The Morgan fingerprint density at radius 1 is 1.47 bits per heavy atom. The standard InChI is InChI=1S/C11H13N3OS2/c12-4-3-8-7-17-11(13-8)14-10(15)6-9-2-1-5-16-9/h1-2,5,7H,3-4,6,12H2,(H,13,14,15). The van der Waals surface area contributed by atoms with E-state index in [-0.39, 0.29) is 5.91 Å². The van der Waals surface area contributed by atoms with Crippen LogP contribution in [0, 0.1) is 0 Å². The van der Waals surface area contributed by atoms with E-state index >= 15 is 0 Å². The molecule has 17 heavy (non-hydrogen) atoms. The molecule has 2 aromatic heterocycles.